The Kier molecular flexibility index (Phi) is 5.48. The minimum atomic E-state index is -0.420. The SMILES string of the molecule is O=C(Nc1ccc(Cl)cc1Cl)c1cc(OCc2ccccc2)ncn1. The molecule has 3 rings (SSSR count). The van der Waals surface area contributed by atoms with E-state index >= 15 is 0 Å². The first-order valence-electron chi connectivity index (χ1n) is 7.37. The molecule has 0 fully saturated rings. The summed E-state index contributed by atoms with van der Waals surface area (Å²) >= 11 is 11.9. The zero-order valence-electron chi connectivity index (χ0n) is 12.9. The van der Waals surface area contributed by atoms with Gasteiger partial charge in [-0.05, 0) is 23.8 Å². The highest BCUT2D eigenvalue weighted by Crippen LogP contribution is 2.25. The predicted octanol–water partition coefficient (Wildman–Crippen LogP) is 4.61. The van der Waals surface area contributed by atoms with Gasteiger partial charge in [0.1, 0.15) is 18.6 Å². The van der Waals surface area contributed by atoms with E-state index in [0.717, 1.165) is 5.56 Å². The minimum Gasteiger partial charge on any atom is -0.473 e. The lowest BCUT2D eigenvalue weighted by Crippen LogP contribution is -2.14. The monoisotopic (exact) mass is 373 g/mol. The molecule has 1 aromatic heterocycles. The fourth-order valence-corrected chi connectivity index (χ4v) is 2.51. The van der Waals surface area contributed by atoms with Gasteiger partial charge in [-0.2, -0.15) is 0 Å². The average molecular weight is 374 g/mol. The maximum atomic E-state index is 12.3. The first-order valence-corrected chi connectivity index (χ1v) is 8.12. The van der Waals surface area contributed by atoms with Crippen LogP contribution < -0.4 is 10.1 Å². The number of rotatable bonds is 5. The summed E-state index contributed by atoms with van der Waals surface area (Å²) in [6.45, 7) is 0.349. The third-order valence-corrected chi connectivity index (χ3v) is 3.83. The first kappa shape index (κ1) is 17.2. The lowest BCUT2D eigenvalue weighted by molar-refractivity contribution is 0.102. The number of amides is 1. The summed E-state index contributed by atoms with van der Waals surface area (Å²) in [5, 5.41) is 3.51. The molecule has 1 heterocycles. The number of aromatic nitrogens is 2. The second-order valence-electron chi connectivity index (χ2n) is 5.09. The van der Waals surface area contributed by atoms with E-state index in [-0.39, 0.29) is 5.69 Å². The summed E-state index contributed by atoms with van der Waals surface area (Å²) in [7, 11) is 0. The summed E-state index contributed by atoms with van der Waals surface area (Å²) in [4.78, 5) is 20.3. The van der Waals surface area contributed by atoms with E-state index in [2.05, 4.69) is 15.3 Å². The molecule has 0 bridgehead atoms. The number of ether oxygens (including phenoxy) is 1. The van der Waals surface area contributed by atoms with Crippen LogP contribution in [0.3, 0.4) is 0 Å². The Morgan fingerprint density at radius 2 is 1.84 bits per heavy atom. The molecular weight excluding hydrogens is 361 g/mol. The van der Waals surface area contributed by atoms with E-state index < -0.39 is 5.91 Å². The second-order valence-corrected chi connectivity index (χ2v) is 5.94. The molecular formula is C18H13Cl2N3O2. The van der Waals surface area contributed by atoms with Gasteiger partial charge in [0, 0.05) is 11.1 Å². The van der Waals surface area contributed by atoms with Crippen LogP contribution in [-0.2, 0) is 6.61 Å². The second kappa shape index (κ2) is 7.96. The molecule has 0 spiro atoms. The van der Waals surface area contributed by atoms with E-state index in [4.69, 9.17) is 27.9 Å². The van der Waals surface area contributed by atoms with Crippen molar-refractivity contribution in [2.45, 2.75) is 6.61 Å². The van der Waals surface area contributed by atoms with E-state index in [1.807, 2.05) is 30.3 Å². The minimum absolute atomic E-state index is 0.170. The van der Waals surface area contributed by atoms with Crippen LogP contribution in [-0.4, -0.2) is 15.9 Å². The number of halogens is 2. The molecule has 25 heavy (non-hydrogen) atoms. The van der Waals surface area contributed by atoms with Crippen molar-refractivity contribution < 1.29 is 9.53 Å². The van der Waals surface area contributed by atoms with Crippen LogP contribution in [0.2, 0.25) is 10.0 Å². The summed E-state index contributed by atoms with van der Waals surface area (Å²) in [6.07, 6.45) is 1.28. The quantitative estimate of drug-likeness (QED) is 0.708. The van der Waals surface area contributed by atoms with Gasteiger partial charge in [0.15, 0.2) is 0 Å². The highest BCUT2D eigenvalue weighted by molar-refractivity contribution is 6.36. The number of anilines is 1. The molecule has 0 radical (unpaired) electrons. The number of hydrogen-bond donors (Lipinski definition) is 1. The van der Waals surface area contributed by atoms with Gasteiger partial charge in [-0.15, -0.1) is 0 Å². The lowest BCUT2D eigenvalue weighted by Gasteiger charge is -2.08. The van der Waals surface area contributed by atoms with Gasteiger partial charge in [-0.1, -0.05) is 53.5 Å². The lowest BCUT2D eigenvalue weighted by atomic mass is 10.2. The molecule has 2 aromatic carbocycles. The third-order valence-electron chi connectivity index (χ3n) is 3.28. The molecule has 5 nitrogen and oxygen atoms in total. The summed E-state index contributed by atoms with van der Waals surface area (Å²) < 4.78 is 5.60. The van der Waals surface area contributed by atoms with Crippen molar-refractivity contribution in [3.05, 3.63) is 82.2 Å². The molecule has 126 valence electrons. The van der Waals surface area contributed by atoms with E-state index in [9.17, 15) is 4.79 Å². The van der Waals surface area contributed by atoms with Crippen molar-refractivity contribution in [3.8, 4) is 5.88 Å². The van der Waals surface area contributed by atoms with Gasteiger partial charge in [0.2, 0.25) is 5.88 Å². The van der Waals surface area contributed by atoms with E-state index in [1.165, 1.54) is 12.4 Å². The number of benzene rings is 2. The average Bonchev–Trinajstić information content (AvgIpc) is 2.63. The Morgan fingerprint density at radius 1 is 1.04 bits per heavy atom. The normalized spacial score (nSPS) is 10.3. The number of carbonyl (C=O) groups excluding carboxylic acids is 1. The maximum absolute atomic E-state index is 12.3. The summed E-state index contributed by atoms with van der Waals surface area (Å²) in [5.41, 5.74) is 1.62. The largest absolute Gasteiger partial charge is 0.473 e. The number of nitrogens with one attached hydrogen (secondary N) is 1. The molecule has 0 aliphatic carbocycles. The Balaban J connectivity index is 1.69. The highest BCUT2D eigenvalue weighted by atomic mass is 35.5. The molecule has 1 N–H and O–H groups in total. The summed E-state index contributed by atoms with van der Waals surface area (Å²) in [6, 6.07) is 15.9. The molecule has 0 unspecified atom stereocenters. The Bertz CT molecular complexity index is 888. The standard InChI is InChI=1S/C18H13Cl2N3O2/c19-13-6-7-15(14(20)8-13)23-18(24)16-9-17(22-11-21-16)25-10-12-4-2-1-3-5-12/h1-9,11H,10H2,(H,23,24). The topological polar surface area (TPSA) is 64.1 Å². The molecule has 7 heteroatoms. The molecule has 1 amide bonds. The zero-order chi connectivity index (χ0) is 17.6. The van der Waals surface area contributed by atoms with Crippen molar-refractivity contribution >= 4 is 34.8 Å². The fourth-order valence-electron chi connectivity index (χ4n) is 2.05. The van der Waals surface area contributed by atoms with Gasteiger partial charge in [0.05, 0.1) is 10.7 Å². The van der Waals surface area contributed by atoms with Gasteiger partial charge in [0.25, 0.3) is 5.91 Å². The molecule has 0 atom stereocenters. The molecule has 0 aliphatic rings. The molecule has 3 aromatic rings. The number of hydrogen-bond acceptors (Lipinski definition) is 4. The maximum Gasteiger partial charge on any atom is 0.274 e. The van der Waals surface area contributed by atoms with Gasteiger partial charge in [-0.25, -0.2) is 9.97 Å². The van der Waals surface area contributed by atoms with Crippen LogP contribution >= 0.6 is 23.2 Å². The molecule has 0 aliphatic heterocycles. The van der Waals surface area contributed by atoms with E-state index in [0.29, 0.717) is 28.2 Å². The van der Waals surface area contributed by atoms with Crippen molar-refractivity contribution in [2.24, 2.45) is 0 Å². The predicted molar refractivity (Wildman–Crippen MR) is 97.2 cm³/mol. The summed E-state index contributed by atoms with van der Waals surface area (Å²) in [5.74, 6) is -0.109. The van der Waals surface area contributed by atoms with Crippen LogP contribution in [0.5, 0.6) is 5.88 Å². The Morgan fingerprint density at radius 3 is 2.60 bits per heavy atom. The van der Waals surface area contributed by atoms with Crippen LogP contribution in [0, 0.1) is 0 Å². The molecule has 0 saturated heterocycles. The Labute approximate surface area is 154 Å². The van der Waals surface area contributed by atoms with Crippen molar-refractivity contribution in [2.75, 3.05) is 5.32 Å². The van der Waals surface area contributed by atoms with Gasteiger partial charge in [-0.3, -0.25) is 4.79 Å². The molecule has 0 saturated carbocycles. The van der Waals surface area contributed by atoms with Gasteiger partial charge >= 0.3 is 0 Å². The van der Waals surface area contributed by atoms with Crippen LogP contribution in [0.15, 0.2) is 60.9 Å². The van der Waals surface area contributed by atoms with Crippen molar-refractivity contribution in [3.63, 3.8) is 0 Å². The van der Waals surface area contributed by atoms with Crippen molar-refractivity contribution in [1.82, 2.24) is 9.97 Å². The smallest absolute Gasteiger partial charge is 0.274 e. The number of nitrogens with zero attached hydrogens (tertiary/aromatic N) is 2. The number of carbonyl (C=O) groups is 1. The van der Waals surface area contributed by atoms with Crippen LogP contribution in [0.4, 0.5) is 5.69 Å². The Hall–Kier alpha value is -2.63. The third kappa shape index (κ3) is 4.68. The fraction of sp³-hybridized carbons (Fsp3) is 0.0556. The van der Waals surface area contributed by atoms with Crippen molar-refractivity contribution in [1.29, 1.82) is 0 Å². The zero-order valence-corrected chi connectivity index (χ0v) is 14.5. The van der Waals surface area contributed by atoms with Crippen LogP contribution in [0.1, 0.15) is 16.1 Å². The van der Waals surface area contributed by atoms with Gasteiger partial charge < -0.3 is 10.1 Å². The highest BCUT2D eigenvalue weighted by Gasteiger charge is 2.12. The van der Waals surface area contributed by atoms with E-state index in [1.54, 1.807) is 18.2 Å². The first-order chi connectivity index (χ1) is 12.1. The van der Waals surface area contributed by atoms with Crippen LogP contribution in [0.25, 0.3) is 0 Å².